The summed E-state index contributed by atoms with van der Waals surface area (Å²) in [6.45, 7) is 10.5. The monoisotopic (exact) mass is 385 g/mol. The number of aryl methyl sites for hydroxylation is 1. The number of hydrogen-bond acceptors (Lipinski definition) is 4. The molecule has 3 rings (SSSR count). The summed E-state index contributed by atoms with van der Waals surface area (Å²) >= 11 is 1.70. The van der Waals surface area contributed by atoms with Gasteiger partial charge in [0.05, 0.1) is 10.7 Å². The van der Waals surface area contributed by atoms with E-state index in [0.717, 1.165) is 55.7 Å². The molecule has 1 aliphatic heterocycles. The van der Waals surface area contributed by atoms with Gasteiger partial charge in [-0.15, -0.1) is 11.3 Å². The van der Waals surface area contributed by atoms with Crippen molar-refractivity contribution in [2.45, 2.75) is 45.7 Å². The van der Waals surface area contributed by atoms with Gasteiger partial charge in [0.1, 0.15) is 0 Å². The molecule has 1 aromatic carbocycles. The molecule has 0 fully saturated rings. The topological polar surface area (TPSA) is 52.6 Å². The number of nitrogens with one attached hydrogen (secondary N) is 2. The van der Waals surface area contributed by atoms with E-state index in [1.165, 1.54) is 11.1 Å². The molecular formula is C21H31N5S. The highest BCUT2D eigenvalue weighted by Crippen LogP contribution is 2.24. The Labute approximate surface area is 166 Å². The van der Waals surface area contributed by atoms with E-state index < -0.39 is 0 Å². The molecule has 2 N–H and O–H groups in total. The van der Waals surface area contributed by atoms with Crippen LogP contribution in [0.4, 0.5) is 0 Å². The Morgan fingerprint density at radius 2 is 2.04 bits per heavy atom. The van der Waals surface area contributed by atoms with Gasteiger partial charge in [-0.3, -0.25) is 9.89 Å². The Hall–Kier alpha value is -1.92. The first-order valence-corrected chi connectivity index (χ1v) is 10.5. The smallest absolute Gasteiger partial charge is 0.191 e. The van der Waals surface area contributed by atoms with Gasteiger partial charge in [-0.05, 0) is 38.3 Å². The standard InChI is InChI=1S/C21H31N5S/c1-16-25-19(14-27-16)9-11-23-20(22-4)24-15-21(2,3)26-12-10-17-7-5-6-8-18(17)13-26/h5-8,14H,9-13,15H2,1-4H3,(H2,22,23,24). The Balaban J connectivity index is 1.48. The molecule has 2 heterocycles. The fourth-order valence-electron chi connectivity index (χ4n) is 3.48. The number of thiazole rings is 1. The molecule has 0 atom stereocenters. The molecule has 0 unspecified atom stereocenters. The SMILES string of the molecule is CN=C(NCCc1csc(C)n1)NCC(C)(C)N1CCc2ccccc2C1. The van der Waals surface area contributed by atoms with Crippen molar-refractivity contribution in [3.05, 3.63) is 51.5 Å². The minimum Gasteiger partial charge on any atom is -0.356 e. The normalized spacial score (nSPS) is 15.5. The van der Waals surface area contributed by atoms with Crippen LogP contribution in [-0.4, -0.2) is 48.1 Å². The largest absolute Gasteiger partial charge is 0.356 e. The predicted molar refractivity (Wildman–Crippen MR) is 115 cm³/mol. The van der Waals surface area contributed by atoms with Crippen LogP contribution in [-0.2, 0) is 19.4 Å². The van der Waals surface area contributed by atoms with E-state index in [1.54, 1.807) is 11.3 Å². The van der Waals surface area contributed by atoms with Gasteiger partial charge < -0.3 is 10.6 Å². The maximum Gasteiger partial charge on any atom is 0.191 e. The molecule has 0 saturated heterocycles. The minimum absolute atomic E-state index is 0.0528. The van der Waals surface area contributed by atoms with Gasteiger partial charge in [0.2, 0.25) is 0 Å². The van der Waals surface area contributed by atoms with E-state index in [9.17, 15) is 0 Å². The van der Waals surface area contributed by atoms with E-state index in [0.29, 0.717) is 0 Å². The van der Waals surface area contributed by atoms with Gasteiger partial charge in [0.15, 0.2) is 5.96 Å². The van der Waals surface area contributed by atoms with Crippen LogP contribution in [0.15, 0.2) is 34.6 Å². The van der Waals surface area contributed by atoms with Crippen LogP contribution in [0.1, 0.15) is 35.7 Å². The van der Waals surface area contributed by atoms with E-state index in [2.05, 4.69) is 69.0 Å². The number of aliphatic imine (C=N–C) groups is 1. The van der Waals surface area contributed by atoms with Gasteiger partial charge >= 0.3 is 0 Å². The molecule has 0 spiro atoms. The number of benzene rings is 1. The summed E-state index contributed by atoms with van der Waals surface area (Å²) in [4.78, 5) is 11.4. The van der Waals surface area contributed by atoms with Crippen molar-refractivity contribution in [2.75, 3.05) is 26.7 Å². The van der Waals surface area contributed by atoms with Crippen LogP contribution < -0.4 is 10.6 Å². The molecular weight excluding hydrogens is 354 g/mol. The summed E-state index contributed by atoms with van der Waals surface area (Å²) in [5.74, 6) is 0.854. The van der Waals surface area contributed by atoms with Crippen molar-refractivity contribution in [3.8, 4) is 0 Å². The lowest BCUT2D eigenvalue weighted by molar-refractivity contribution is 0.107. The zero-order chi connectivity index (χ0) is 19.3. The second kappa shape index (κ2) is 8.85. The third-order valence-electron chi connectivity index (χ3n) is 5.24. The molecule has 0 saturated carbocycles. The third-order valence-corrected chi connectivity index (χ3v) is 6.06. The highest BCUT2D eigenvalue weighted by Gasteiger charge is 2.29. The predicted octanol–water partition coefficient (Wildman–Crippen LogP) is 3.00. The highest BCUT2D eigenvalue weighted by atomic mass is 32.1. The maximum atomic E-state index is 4.51. The zero-order valence-electron chi connectivity index (χ0n) is 16.9. The van der Waals surface area contributed by atoms with Crippen LogP contribution in [0, 0.1) is 6.92 Å². The number of nitrogens with zero attached hydrogens (tertiary/aromatic N) is 3. The van der Waals surface area contributed by atoms with E-state index >= 15 is 0 Å². The fourth-order valence-corrected chi connectivity index (χ4v) is 4.12. The molecule has 1 aromatic heterocycles. The summed E-state index contributed by atoms with van der Waals surface area (Å²) in [7, 11) is 1.83. The highest BCUT2D eigenvalue weighted by molar-refractivity contribution is 7.09. The van der Waals surface area contributed by atoms with E-state index in [-0.39, 0.29) is 5.54 Å². The lowest BCUT2D eigenvalue weighted by Gasteiger charge is -2.42. The zero-order valence-corrected chi connectivity index (χ0v) is 17.7. The van der Waals surface area contributed by atoms with Gasteiger partial charge in [0, 0.05) is 50.6 Å². The molecule has 5 nitrogen and oxygen atoms in total. The molecule has 146 valence electrons. The first kappa shape index (κ1) is 19.8. The van der Waals surface area contributed by atoms with Gasteiger partial charge in [-0.25, -0.2) is 4.98 Å². The summed E-state index contributed by atoms with van der Waals surface area (Å²) in [6.07, 6.45) is 2.04. The maximum absolute atomic E-state index is 4.51. The lowest BCUT2D eigenvalue weighted by Crippen LogP contribution is -2.54. The molecule has 6 heteroatoms. The fraction of sp³-hybridized carbons (Fsp3) is 0.524. The molecule has 0 radical (unpaired) electrons. The average Bonchev–Trinajstić information content (AvgIpc) is 3.09. The molecule has 0 amide bonds. The Morgan fingerprint density at radius 1 is 1.26 bits per heavy atom. The summed E-state index contributed by atoms with van der Waals surface area (Å²) in [5.41, 5.74) is 4.15. The van der Waals surface area contributed by atoms with Crippen LogP contribution in [0.5, 0.6) is 0 Å². The molecule has 1 aliphatic rings. The third kappa shape index (κ3) is 5.30. The first-order valence-electron chi connectivity index (χ1n) is 9.65. The number of rotatable bonds is 6. The number of hydrogen-bond donors (Lipinski definition) is 2. The van der Waals surface area contributed by atoms with Crippen molar-refractivity contribution in [2.24, 2.45) is 4.99 Å². The van der Waals surface area contributed by atoms with Gasteiger partial charge in [-0.2, -0.15) is 0 Å². The second-order valence-electron chi connectivity index (χ2n) is 7.71. The van der Waals surface area contributed by atoms with Gasteiger partial charge in [0.25, 0.3) is 0 Å². The van der Waals surface area contributed by atoms with Gasteiger partial charge in [-0.1, -0.05) is 24.3 Å². The van der Waals surface area contributed by atoms with Crippen LogP contribution >= 0.6 is 11.3 Å². The number of fused-ring (bicyclic) bond motifs is 1. The number of guanidine groups is 1. The van der Waals surface area contributed by atoms with E-state index in [1.807, 2.05) is 14.0 Å². The van der Waals surface area contributed by atoms with Crippen molar-refractivity contribution in [1.82, 2.24) is 20.5 Å². The summed E-state index contributed by atoms with van der Waals surface area (Å²) < 4.78 is 0. The minimum atomic E-state index is 0.0528. The Kier molecular flexibility index (Phi) is 6.50. The molecule has 0 bridgehead atoms. The quantitative estimate of drug-likeness (QED) is 0.593. The van der Waals surface area contributed by atoms with Crippen molar-refractivity contribution in [1.29, 1.82) is 0 Å². The van der Waals surface area contributed by atoms with Crippen molar-refractivity contribution in [3.63, 3.8) is 0 Å². The Bertz CT molecular complexity index is 780. The van der Waals surface area contributed by atoms with Crippen molar-refractivity contribution < 1.29 is 0 Å². The average molecular weight is 386 g/mol. The molecule has 27 heavy (non-hydrogen) atoms. The first-order chi connectivity index (χ1) is 13.0. The van der Waals surface area contributed by atoms with Crippen molar-refractivity contribution >= 4 is 17.3 Å². The number of aromatic nitrogens is 1. The summed E-state index contributed by atoms with van der Waals surface area (Å²) in [6, 6.07) is 8.80. The van der Waals surface area contributed by atoms with Crippen LogP contribution in [0.25, 0.3) is 0 Å². The Morgan fingerprint density at radius 3 is 2.74 bits per heavy atom. The molecule has 2 aromatic rings. The van der Waals surface area contributed by atoms with Crippen LogP contribution in [0.3, 0.4) is 0 Å². The second-order valence-corrected chi connectivity index (χ2v) is 8.78. The van der Waals surface area contributed by atoms with Crippen LogP contribution in [0.2, 0.25) is 0 Å². The van der Waals surface area contributed by atoms with E-state index in [4.69, 9.17) is 0 Å². The molecule has 0 aliphatic carbocycles. The lowest BCUT2D eigenvalue weighted by atomic mass is 9.94. The summed E-state index contributed by atoms with van der Waals surface area (Å²) in [5, 5.41) is 10.2.